The summed E-state index contributed by atoms with van der Waals surface area (Å²) in [5.74, 6) is -0.397. The quantitative estimate of drug-likeness (QED) is 0.870. The average molecular weight is 288 g/mol. The van der Waals surface area contributed by atoms with Gasteiger partial charge in [0.15, 0.2) is 0 Å². The smallest absolute Gasteiger partial charge is 0.135 e. The Balaban J connectivity index is 2.40. The minimum absolute atomic E-state index is 0.0723. The molecule has 0 aliphatic carbocycles. The maximum absolute atomic E-state index is 13.9. The molecule has 104 valence electrons. The van der Waals surface area contributed by atoms with Crippen LogP contribution in [0, 0.1) is 19.7 Å². The zero-order valence-corrected chi connectivity index (χ0v) is 12.6. The van der Waals surface area contributed by atoms with Gasteiger partial charge in [0, 0.05) is 24.0 Å². The van der Waals surface area contributed by atoms with Crippen LogP contribution in [0.2, 0.25) is 0 Å². The maximum Gasteiger partial charge on any atom is 0.135 e. The van der Waals surface area contributed by atoms with Gasteiger partial charge in [-0.3, -0.25) is 0 Å². The van der Waals surface area contributed by atoms with E-state index in [2.05, 4.69) is 18.2 Å². The van der Waals surface area contributed by atoms with Gasteiger partial charge in [-0.25, -0.2) is 4.39 Å². The van der Waals surface area contributed by atoms with Crippen molar-refractivity contribution in [1.29, 1.82) is 0 Å². The van der Waals surface area contributed by atoms with Crippen LogP contribution in [0.4, 0.5) is 15.8 Å². The summed E-state index contributed by atoms with van der Waals surface area (Å²) in [6.07, 6.45) is 0. The van der Waals surface area contributed by atoms with Gasteiger partial charge in [-0.15, -0.1) is 0 Å². The minimum atomic E-state index is -0.397. The van der Waals surface area contributed by atoms with Gasteiger partial charge in [0.1, 0.15) is 10.8 Å². The largest absolute Gasteiger partial charge is 0.389 e. The summed E-state index contributed by atoms with van der Waals surface area (Å²) in [7, 11) is 1.91. The van der Waals surface area contributed by atoms with Crippen LogP contribution in [-0.4, -0.2) is 12.0 Å². The lowest BCUT2D eigenvalue weighted by Gasteiger charge is -2.21. The lowest BCUT2D eigenvalue weighted by molar-refractivity contribution is 0.625. The summed E-state index contributed by atoms with van der Waals surface area (Å²) in [6.45, 7) is 4.09. The Kier molecular flexibility index (Phi) is 4.04. The molecule has 0 radical (unpaired) electrons. The van der Waals surface area contributed by atoms with Gasteiger partial charge in [-0.1, -0.05) is 18.3 Å². The summed E-state index contributed by atoms with van der Waals surface area (Å²) < 4.78 is 13.9. The fourth-order valence-corrected chi connectivity index (χ4v) is 2.37. The number of thiocarbonyl (C=S) groups is 1. The van der Waals surface area contributed by atoms with E-state index in [9.17, 15) is 4.39 Å². The van der Waals surface area contributed by atoms with Crippen molar-refractivity contribution in [3.05, 3.63) is 58.9 Å². The lowest BCUT2D eigenvalue weighted by atomic mass is 10.1. The molecular formula is C16H17FN2S. The molecule has 0 unspecified atom stereocenters. The van der Waals surface area contributed by atoms with Crippen LogP contribution in [-0.2, 0) is 0 Å². The number of nitrogens with zero attached hydrogens (tertiary/aromatic N) is 1. The number of aryl methyl sites for hydroxylation is 2. The fourth-order valence-electron chi connectivity index (χ4n) is 2.21. The Bertz CT molecular complexity index is 647. The van der Waals surface area contributed by atoms with Crippen molar-refractivity contribution in [3.63, 3.8) is 0 Å². The Morgan fingerprint density at radius 3 is 2.15 bits per heavy atom. The highest BCUT2D eigenvalue weighted by Crippen LogP contribution is 2.27. The monoisotopic (exact) mass is 288 g/mol. The number of halogens is 1. The van der Waals surface area contributed by atoms with Gasteiger partial charge in [0.2, 0.25) is 0 Å². The Morgan fingerprint density at radius 1 is 1.05 bits per heavy atom. The Morgan fingerprint density at radius 2 is 1.65 bits per heavy atom. The molecule has 0 saturated heterocycles. The summed E-state index contributed by atoms with van der Waals surface area (Å²) in [4.78, 5) is 2.01. The molecule has 0 spiro atoms. The molecule has 0 aromatic heterocycles. The second kappa shape index (κ2) is 5.59. The van der Waals surface area contributed by atoms with Crippen LogP contribution >= 0.6 is 12.2 Å². The van der Waals surface area contributed by atoms with Crippen LogP contribution in [0.15, 0.2) is 36.4 Å². The third-order valence-electron chi connectivity index (χ3n) is 3.20. The highest BCUT2D eigenvalue weighted by Gasteiger charge is 2.10. The molecule has 0 bridgehead atoms. The number of benzene rings is 2. The first-order chi connectivity index (χ1) is 9.38. The second-order valence-electron chi connectivity index (χ2n) is 4.93. The third-order valence-corrected chi connectivity index (χ3v) is 3.42. The standard InChI is InChI=1S/C16H17FN2S/c1-10-6-11(2)8-13(7-10)19(3)12-4-5-14(16(18)20)15(17)9-12/h4-9H,1-3H3,(H2,18,20). The normalized spacial score (nSPS) is 10.4. The van der Waals surface area contributed by atoms with Crippen LogP contribution < -0.4 is 10.6 Å². The average Bonchev–Trinajstić information content (AvgIpc) is 2.36. The number of hydrogen-bond acceptors (Lipinski definition) is 2. The molecule has 20 heavy (non-hydrogen) atoms. The van der Waals surface area contributed by atoms with Gasteiger partial charge >= 0.3 is 0 Å². The summed E-state index contributed by atoms with van der Waals surface area (Å²) in [6, 6.07) is 11.1. The van der Waals surface area contributed by atoms with Crippen molar-refractivity contribution in [2.24, 2.45) is 5.73 Å². The lowest BCUT2D eigenvalue weighted by Crippen LogP contribution is -2.14. The molecule has 0 amide bonds. The van der Waals surface area contributed by atoms with Crippen LogP contribution in [0.3, 0.4) is 0 Å². The van der Waals surface area contributed by atoms with E-state index in [-0.39, 0.29) is 10.6 Å². The molecule has 4 heteroatoms. The number of rotatable bonds is 3. The van der Waals surface area contributed by atoms with Crippen LogP contribution in [0.5, 0.6) is 0 Å². The molecule has 0 fully saturated rings. The summed E-state index contributed by atoms with van der Waals surface area (Å²) >= 11 is 4.81. The first kappa shape index (κ1) is 14.5. The van der Waals surface area contributed by atoms with E-state index in [0.29, 0.717) is 0 Å². The zero-order chi connectivity index (χ0) is 14.9. The van der Waals surface area contributed by atoms with E-state index in [4.69, 9.17) is 18.0 Å². The van der Waals surface area contributed by atoms with E-state index in [0.717, 1.165) is 11.4 Å². The third kappa shape index (κ3) is 2.96. The van der Waals surface area contributed by atoms with E-state index < -0.39 is 5.82 Å². The van der Waals surface area contributed by atoms with Crippen LogP contribution in [0.25, 0.3) is 0 Å². The van der Waals surface area contributed by atoms with Crippen molar-refractivity contribution < 1.29 is 4.39 Å². The molecule has 2 aromatic carbocycles. The molecule has 2 rings (SSSR count). The van der Waals surface area contributed by atoms with Crippen molar-refractivity contribution in [2.45, 2.75) is 13.8 Å². The fraction of sp³-hybridized carbons (Fsp3) is 0.188. The molecule has 0 heterocycles. The summed E-state index contributed by atoms with van der Waals surface area (Å²) in [5, 5.41) is 0. The van der Waals surface area contributed by atoms with E-state index in [1.807, 2.05) is 31.9 Å². The van der Waals surface area contributed by atoms with Crippen molar-refractivity contribution in [1.82, 2.24) is 0 Å². The van der Waals surface area contributed by atoms with Gasteiger partial charge in [-0.2, -0.15) is 0 Å². The molecule has 0 saturated carbocycles. The molecule has 2 N–H and O–H groups in total. The van der Waals surface area contributed by atoms with E-state index in [1.54, 1.807) is 6.07 Å². The highest BCUT2D eigenvalue weighted by molar-refractivity contribution is 7.80. The molecular weight excluding hydrogens is 271 g/mol. The minimum Gasteiger partial charge on any atom is -0.389 e. The van der Waals surface area contributed by atoms with E-state index >= 15 is 0 Å². The predicted octanol–water partition coefficient (Wildman–Crippen LogP) is 3.84. The molecule has 0 aliphatic rings. The predicted molar refractivity (Wildman–Crippen MR) is 86.3 cm³/mol. The first-order valence-electron chi connectivity index (χ1n) is 6.30. The SMILES string of the molecule is Cc1cc(C)cc(N(C)c2ccc(C(N)=S)c(F)c2)c1. The topological polar surface area (TPSA) is 29.3 Å². The summed E-state index contributed by atoms with van der Waals surface area (Å²) in [5.41, 5.74) is 9.87. The Labute approximate surface area is 124 Å². The van der Waals surface area contributed by atoms with E-state index in [1.165, 1.54) is 17.2 Å². The Hall–Kier alpha value is -1.94. The highest BCUT2D eigenvalue weighted by atomic mass is 32.1. The molecule has 0 aliphatic heterocycles. The van der Waals surface area contributed by atoms with Gasteiger partial charge < -0.3 is 10.6 Å². The van der Waals surface area contributed by atoms with Crippen molar-refractivity contribution in [3.8, 4) is 0 Å². The zero-order valence-electron chi connectivity index (χ0n) is 11.8. The van der Waals surface area contributed by atoms with Crippen molar-refractivity contribution >= 4 is 28.6 Å². The van der Waals surface area contributed by atoms with Crippen molar-refractivity contribution in [2.75, 3.05) is 11.9 Å². The first-order valence-corrected chi connectivity index (χ1v) is 6.70. The van der Waals surface area contributed by atoms with Gasteiger partial charge in [0.25, 0.3) is 0 Å². The van der Waals surface area contributed by atoms with Gasteiger partial charge in [-0.05, 0) is 55.3 Å². The molecule has 2 nitrogen and oxygen atoms in total. The van der Waals surface area contributed by atoms with Crippen LogP contribution in [0.1, 0.15) is 16.7 Å². The van der Waals surface area contributed by atoms with Gasteiger partial charge in [0.05, 0.1) is 0 Å². The molecule has 2 aromatic rings. The molecule has 0 atom stereocenters. The maximum atomic E-state index is 13.9. The number of hydrogen-bond donors (Lipinski definition) is 1. The second-order valence-corrected chi connectivity index (χ2v) is 5.37. The number of nitrogens with two attached hydrogens (primary N) is 1. The number of anilines is 2.